The lowest BCUT2D eigenvalue weighted by molar-refractivity contribution is -0.124. The first-order valence-electron chi connectivity index (χ1n) is 10.3. The fourth-order valence-electron chi connectivity index (χ4n) is 3.53. The molecule has 1 atom stereocenters. The van der Waals surface area contributed by atoms with Crippen molar-refractivity contribution in [3.63, 3.8) is 0 Å². The molecule has 0 aromatic heterocycles. The molecule has 0 aliphatic carbocycles. The maximum Gasteiger partial charge on any atom is 0.258 e. The predicted molar refractivity (Wildman–Crippen MR) is 113 cm³/mol. The highest BCUT2D eigenvalue weighted by molar-refractivity contribution is 6.05. The second-order valence-electron chi connectivity index (χ2n) is 7.32. The molecule has 7 heteroatoms. The predicted octanol–water partition coefficient (Wildman–Crippen LogP) is 3.60. The molecular weight excluding hydrogens is 385 g/mol. The minimum Gasteiger partial charge on any atom is -0.354 e. The summed E-state index contributed by atoms with van der Waals surface area (Å²) in [6, 6.07) is 11.7. The first-order valence-corrected chi connectivity index (χ1v) is 10.3. The van der Waals surface area contributed by atoms with Gasteiger partial charge in [-0.25, -0.2) is 4.39 Å². The number of halogens is 1. The van der Waals surface area contributed by atoms with E-state index < -0.39 is 17.8 Å². The number of carbonyl (C=O) groups excluding carboxylic acids is 3. The third-order valence-electron chi connectivity index (χ3n) is 5.13. The molecule has 2 N–H and O–H groups in total. The van der Waals surface area contributed by atoms with Crippen LogP contribution in [0, 0.1) is 5.82 Å². The molecular formula is C23H26FN3O3. The van der Waals surface area contributed by atoms with Gasteiger partial charge in [-0.2, -0.15) is 0 Å². The van der Waals surface area contributed by atoms with E-state index in [1.807, 2.05) is 0 Å². The molecule has 0 saturated carbocycles. The van der Waals surface area contributed by atoms with E-state index >= 15 is 0 Å². The smallest absolute Gasteiger partial charge is 0.258 e. The van der Waals surface area contributed by atoms with E-state index in [0.717, 1.165) is 19.3 Å². The molecule has 0 radical (unpaired) electrons. The maximum absolute atomic E-state index is 13.8. The molecule has 6 nitrogen and oxygen atoms in total. The van der Waals surface area contributed by atoms with Crippen LogP contribution in [0.5, 0.6) is 0 Å². The lowest BCUT2D eigenvalue weighted by Gasteiger charge is -2.24. The summed E-state index contributed by atoms with van der Waals surface area (Å²) < 4.78 is 13.8. The molecule has 2 aromatic carbocycles. The van der Waals surface area contributed by atoms with Crippen LogP contribution >= 0.6 is 0 Å². The monoisotopic (exact) mass is 411 g/mol. The Bertz CT molecular complexity index is 931. The minimum absolute atomic E-state index is 0.0717. The van der Waals surface area contributed by atoms with Crippen molar-refractivity contribution in [2.45, 2.75) is 38.6 Å². The Kier molecular flexibility index (Phi) is 7.17. The van der Waals surface area contributed by atoms with Crippen molar-refractivity contribution in [1.29, 1.82) is 0 Å². The van der Waals surface area contributed by atoms with Gasteiger partial charge in [-0.05, 0) is 49.6 Å². The Labute approximate surface area is 175 Å². The van der Waals surface area contributed by atoms with Crippen molar-refractivity contribution in [2.24, 2.45) is 0 Å². The number of rotatable bonds is 7. The summed E-state index contributed by atoms with van der Waals surface area (Å²) in [6.07, 6.45) is 3.28. The van der Waals surface area contributed by atoms with Crippen LogP contribution < -0.4 is 10.6 Å². The topological polar surface area (TPSA) is 78.5 Å². The molecule has 3 amide bonds. The maximum atomic E-state index is 13.8. The third-order valence-corrected chi connectivity index (χ3v) is 5.13. The van der Waals surface area contributed by atoms with Gasteiger partial charge in [0.25, 0.3) is 11.8 Å². The molecule has 0 spiro atoms. The number of carbonyl (C=O) groups is 3. The van der Waals surface area contributed by atoms with Gasteiger partial charge < -0.3 is 15.5 Å². The summed E-state index contributed by atoms with van der Waals surface area (Å²) in [6.45, 7) is 3.16. The Morgan fingerprint density at radius 1 is 1.13 bits per heavy atom. The van der Waals surface area contributed by atoms with Crippen LogP contribution in [0.4, 0.5) is 10.1 Å². The molecule has 0 unspecified atom stereocenters. The Hall–Kier alpha value is -3.22. The van der Waals surface area contributed by atoms with E-state index in [1.54, 1.807) is 35.2 Å². The number of benzene rings is 2. The molecule has 30 heavy (non-hydrogen) atoms. The first kappa shape index (κ1) is 21.5. The number of amides is 3. The third kappa shape index (κ3) is 5.03. The van der Waals surface area contributed by atoms with Crippen LogP contribution in [0.1, 0.15) is 53.3 Å². The average molecular weight is 411 g/mol. The molecule has 0 bridgehead atoms. The number of unbranched alkanes of at least 4 members (excludes halogenated alkanes) is 1. The minimum atomic E-state index is -0.615. The van der Waals surface area contributed by atoms with Crippen LogP contribution in [0.3, 0.4) is 0 Å². The van der Waals surface area contributed by atoms with Gasteiger partial charge >= 0.3 is 0 Å². The fraction of sp³-hybridized carbons (Fsp3) is 0.348. The van der Waals surface area contributed by atoms with E-state index in [2.05, 4.69) is 17.6 Å². The second-order valence-corrected chi connectivity index (χ2v) is 7.32. The number of likely N-dealkylation sites (tertiary alicyclic amines) is 1. The quantitative estimate of drug-likeness (QED) is 0.684. The molecule has 3 rings (SSSR count). The van der Waals surface area contributed by atoms with E-state index in [4.69, 9.17) is 0 Å². The highest BCUT2D eigenvalue weighted by Gasteiger charge is 2.34. The first-order chi connectivity index (χ1) is 14.5. The van der Waals surface area contributed by atoms with Gasteiger partial charge in [-0.15, -0.1) is 0 Å². The largest absolute Gasteiger partial charge is 0.354 e. The molecule has 2 aromatic rings. The van der Waals surface area contributed by atoms with Gasteiger partial charge in [0.1, 0.15) is 11.9 Å². The number of anilines is 1. The van der Waals surface area contributed by atoms with Crippen LogP contribution in [-0.4, -0.2) is 41.8 Å². The van der Waals surface area contributed by atoms with Gasteiger partial charge in [-0.3, -0.25) is 14.4 Å². The van der Waals surface area contributed by atoms with Crippen LogP contribution in [-0.2, 0) is 4.79 Å². The van der Waals surface area contributed by atoms with Crippen molar-refractivity contribution >= 4 is 23.4 Å². The zero-order valence-electron chi connectivity index (χ0n) is 17.0. The molecule has 1 aliphatic heterocycles. The highest BCUT2D eigenvalue weighted by atomic mass is 19.1. The molecule has 1 heterocycles. The Morgan fingerprint density at radius 3 is 2.70 bits per heavy atom. The average Bonchev–Trinajstić information content (AvgIpc) is 3.24. The molecule has 1 saturated heterocycles. The van der Waals surface area contributed by atoms with E-state index in [9.17, 15) is 18.8 Å². The summed E-state index contributed by atoms with van der Waals surface area (Å²) >= 11 is 0. The van der Waals surface area contributed by atoms with Crippen molar-refractivity contribution in [1.82, 2.24) is 10.2 Å². The normalized spacial score (nSPS) is 15.7. The number of nitrogens with one attached hydrogen (secondary N) is 2. The Balaban J connectivity index is 1.70. The number of hydrogen-bond acceptors (Lipinski definition) is 3. The van der Waals surface area contributed by atoms with E-state index in [0.29, 0.717) is 30.8 Å². The molecule has 158 valence electrons. The van der Waals surface area contributed by atoms with Crippen molar-refractivity contribution in [3.8, 4) is 0 Å². The van der Waals surface area contributed by atoms with Crippen LogP contribution in [0.25, 0.3) is 0 Å². The highest BCUT2D eigenvalue weighted by Crippen LogP contribution is 2.22. The van der Waals surface area contributed by atoms with Gasteiger partial charge in [0.05, 0.1) is 5.56 Å². The molecule has 1 fully saturated rings. The molecule has 1 aliphatic rings. The zero-order valence-corrected chi connectivity index (χ0v) is 17.0. The number of hydrogen-bond donors (Lipinski definition) is 2. The summed E-state index contributed by atoms with van der Waals surface area (Å²) in [5.74, 6) is -1.59. The lowest BCUT2D eigenvalue weighted by atomic mass is 10.1. The van der Waals surface area contributed by atoms with Gasteiger partial charge in [0.15, 0.2) is 0 Å². The van der Waals surface area contributed by atoms with Crippen molar-refractivity contribution in [3.05, 3.63) is 65.5 Å². The summed E-state index contributed by atoms with van der Waals surface area (Å²) in [5, 5.41) is 5.52. The van der Waals surface area contributed by atoms with Gasteiger partial charge in [-0.1, -0.05) is 31.5 Å². The van der Waals surface area contributed by atoms with E-state index in [1.165, 1.54) is 18.2 Å². The summed E-state index contributed by atoms with van der Waals surface area (Å²) in [5.41, 5.74) is 0.685. The van der Waals surface area contributed by atoms with Crippen LogP contribution in [0.2, 0.25) is 0 Å². The summed E-state index contributed by atoms with van der Waals surface area (Å²) in [7, 11) is 0. The van der Waals surface area contributed by atoms with E-state index in [-0.39, 0.29) is 17.4 Å². The lowest BCUT2D eigenvalue weighted by Crippen LogP contribution is -2.46. The summed E-state index contributed by atoms with van der Waals surface area (Å²) in [4.78, 5) is 39.4. The second kappa shape index (κ2) is 10.0. The zero-order chi connectivity index (χ0) is 21.5. The number of nitrogens with zero attached hydrogens (tertiary/aromatic N) is 1. The van der Waals surface area contributed by atoms with Crippen molar-refractivity contribution < 1.29 is 18.8 Å². The van der Waals surface area contributed by atoms with Crippen molar-refractivity contribution in [2.75, 3.05) is 18.4 Å². The van der Waals surface area contributed by atoms with Gasteiger partial charge in [0.2, 0.25) is 5.91 Å². The standard InChI is InChI=1S/C23H26FN3O3/c1-2-3-13-25-22(29)20-12-7-14-27(20)23(30)16-8-6-9-17(15-16)26-21(28)18-10-4-5-11-19(18)24/h4-6,8-11,15,20H,2-3,7,12-14H2,1H3,(H,25,29)(H,26,28)/t20-/m1/s1. The SMILES string of the molecule is CCCCNC(=O)[C@H]1CCCN1C(=O)c1cccc(NC(=O)c2ccccc2F)c1. The van der Waals surface area contributed by atoms with Crippen LogP contribution in [0.15, 0.2) is 48.5 Å². The fourth-order valence-corrected chi connectivity index (χ4v) is 3.53. The Morgan fingerprint density at radius 2 is 1.93 bits per heavy atom. The van der Waals surface area contributed by atoms with Gasteiger partial charge in [0, 0.05) is 24.3 Å².